The largest absolute Gasteiger partial charge is 0.481 e. The van der Waals surface area contributed by atoms with Crippen molar-refractivity contribution >= 4 is 41.8 Å². The molecule has 20 heteroatoms. The molecule has 0 radical (unpaired) electrons. The molecule has 20 N–H and O–H groups in total. The molecule has 0 aromatic rings. The minimum absolute atomic E-state index is 0.0129. The number of nitrogens with two attached hydrogens (primary N) is 7. The smallest absolute Gasteiger partial charge is 0.321 e. The summed E-state index contributed by atoms with van der Waals surface area (Å²) in [5.41, 5.74) is 33.9. The molecule has 212 valence electrons. The van der Waals surface area contributed by atoms with Gasteiger partial charge in [0.1, 0.15) is 12.1 Å². The monoisotopic (exact) mass is 532 g/mol. The number of carbonyl (C=O) groups is 6. The second-order valence-electron chi connectivity index (χ2n) is 5.73. The van der Waals surface area contributed by atoms with Crippen LogP contribution in [0.25, 0.3) is 0 Å². The molecule has 0 heterocycles. The Morgan fingerprint density at radius 2 is 0.917 bits per heavy atom. The van der Waals surface area contributed by atoms with E-state index in [0.717, 1.165) is 0 Å². The van der Waals surface area contributed by atoms with E-state index in [4.69, 9.17) is 53.6 Å². The Hall–Kier alpha value is -4.11. The molecule has 0 saturated carbocycles. The second kappa shape index (κ2) is 28.9. The lowest BCUT2D eigenvalue weighted by Gasteiger charge is -2.03. The van der Waals surface area contributed by atoms with Crippen LogP contribution in [-0.4, -0.2) is 111 Å². The number of carboxylic acids is 6. The van der Waals surface area contributed by atoms with Crippen LogP contribution in [-0.2, 0) is 28.8 Å². The highest BCUT2D eigenvalue weighted by atomic mass is 16.4. The molecule has 20 nitrogen and oxygen atoms in total. The standard InChI is InChI=1S/C6H14N4O2.C4H7NO4.3C2H5NO2/c7-4(5(11)12)2-1-3-10-6(8)9;5-2(4(8)9)1-3(6)7;3*3-1-2(4)5/h4H,1-3,7H2,(H,11,12)(H4,8,9,10);2H,1,5H2,(H,6,7)(H,8,9);3*1,3H2,(H,4,5)/t4-;2-;;;/m00.../s1. The first-order chi connectivity index (χ1) is 16.4. The first-order valence-electron chi connectivity index (χ1n) is 9.38. The molecule has 0 bridgehead atoms. The lowest BCUT2D eigenvalue weighted by Crippen LogP contribution is -2.32. The predicted octanol–water partition coefficient (Wildman–Crippen LogP) is -5.59. The lowest BCUT2D eigenvalue weighted by atomic mass is 10.2. The highest BCUT2D eigenvalue weighted by Crippen LogP contribution is 1.94. The fourth-order valence-electron chi connectivity index (χ4n) is 0.918. The Morgan fingerprint density at radius 3 is 1.08 bits per heavy atom. The average Bonchev–Trinajstić information content (AvgIpc) is 2.77. The minimum atomic E-state index is -1.29. The number of carboxylic acid groups (broad SMARTS) is 6. The summed E-state index contributed by atoms with van der Waals surface area (Å²) >= 11 is 0. The maximum Gasteiger partial charge on any atom is 0.321 e. The van der Waals surface area contributed by atoms with Crippen LogP contribution >= 0.6 is 0 Å². The Balaban J connectivity index is -0.000000118. The van der Waals surface area contributed by atoms with Crippen LogP contribution in [0, 0.1) is 0 Å². The topological polar surface area (TPSA) is 418 Å². The summed E-state index contributed by atoms with van der Waals surface area (Å²) in [4.78, 5) is 61.2. The summed E-state index contributed by atoms with van der Waals surface area (Å²) < 4.78 is 0. The Kier molecular flexibility index (Phi) is 33.8. The number of hydrogen-bond donors (Lipinski definition) is 13. The van der Waals surface area contributed by atoms with Crippen LogP contribution in [0.3, 0.4) is 0 Å². The van der Waals surface area contributed by atoms with Gasteiger partial charge in [-0.1, -0.05) is 0 Å². The number of rotatable bonds is 11. The van der Waals surface area contributed by atoms with E-state index in [0.29, 0.717) is 19.4 Å². The summed E-state index contributed by atoms with van der Waals surface area (Å²) in [6, 6.07) is -2.11. The summed E-state index contributed by atoms with van der Waals surface area (Å²) in [6.45, 7) is -0.413. The summed E-state index contributed by atoms with van der Waals surface area (Å²) in [5.74, 6) is -6.39. The van der Waals surface area contributed by atoms with Gasteiger partial charge < -0.3 is 70.8 Å². The van der Waals surface area contributed by atoms with Crippen molar-refractivity contribution in [1.29, 1.82) is 0 Å². The molecule has 0 amide bonds. The number of hydrogen-bond acceptors (Lipinski definition) is 12. The van der Waals surface area contributed by atoms with Crippen molar-refractivity contribution in [2.75, 3.05) is 26.2 Å². The zero-order chi connectivity index (χ0) is 29.9. The molecule has 0 aliphatic carbocycles. The van der Waals surface area contributed by atoms with Crippen molar-refractivity contribution in [2.45, 2.75) is 31.3 Å². The van der Waals surface area contributed by atoms with Crippen LogP contribution < -0.4 is 40.1 Å². The molecule has 0 aromatic heterocycles. The maximum absolute atomic E-state index is 10.2. The van der Waals surface area contributed by atoms with Crippen molar-refractivity contribution in [2.24, 2.45) is 45.1 Å². The van der Waals surface area contributed by atoms with Gasteiger partial charge in [-0.2, -0.15) is 0 Å². The van der Waals surface area contributed by atoms with E-state index < -0.39 is 54.3 Å². The van der Waals surface area contributed by atoms with Crippen LogP contribution in [0.4, 0.5) is 0 Å². The quantitative estimate of drug-likeness (QED) is 0.0669. The van der Waals surface area contributed by atoms with E-state index in [1.54, 1.807) is 0 Å². The fourth-order valence-corrected chi connectivity index (χ4v) is 0.918. The van der Waals surface area contributed by atoms with Crippen LogP contribution in [0.2, 0.25) is 0 Å². The van der Waals surface area contributed by atoms with E-state index in [-0.39, 0.29) is 25.6 Å². The average molecular weight is 533 g/mol. The van der Waals surface area contributed by atoms with Gasteiger partial charge in [-0.05, 0) is 12.8 Å². The van der Waals surface area contributed by atoms with Crippen LogP contribution in [0.15, 0.2) is 4.99 Å². The lowest BCUT2D eigenvalue weighted by molar-refractivity contribution is -0.144. The molecule has 2 atom stereocenters. The van der Waals surface area contributed by atoms with Crippen molar-refractivity contribution in [1.82, 2.24) is 0 Å². The second-order valence-corrected chi connectivity index (χ2v) is 5.73. The zero-order valence-corrected chi connectivity index (χ0v) is 19.2. The Morgan fingerprint density at radius 1 is 0.611 bits per heavy atom. The van der Waals surface area contributed by atoms with Crippen LogP contribution in [0.1, 0.15) is 19.3 Å². The molecule has 0 fully saturated rings. The molecular weight excluding hydrogens is 496 g/mol. The van der Waals surface area contributed by atoms with Crippen molar-refractivity contribution in [3.05, 3.63) is 0 Å². The SMILES string of the molecule is NC(N)=NCCC[C@H](N)C(=O)O.NCC(=O)O.NCC(=O)O.NCC(=O)O.N[C@@H](CC(=O)O)C(=O)O. The van der Waals surface area contributed by atoms with Gasteiger partial charge in [0, 0.05) is 6.54 Å². The summed E-state index contributed by atoms with van der Waals surface area (Å²) in [5, 5.41) is 47.2. The van der Waals surface area contributed by atoms with E-state index in [1.807, 2.05) is 0 Å². The molecule has 0 aliphatic rings. The van der Waals surface area contributed by atoms with E-state index in [2.05, 4.69) is 22.2 Å². The molecule has 36 heavy (non-hydrogen) atoms. The first-order valence-corrected chi connectivity index (χ1v) is 9.38. The maximum atomic E-state index is 10.2. The van der Waals surface area contributed by atoms with Gasteiger partial charge in [0.25, 0.3) is 0 Å². The summed E-state index contributed by atoms with van der Waals surface area (Å²) in [7, 11) is 0. The molecule has 0 aromatic carbocycles. The van der Waals surface area contributed by atoms with Crippen molar-refractivity contribution in [3.63, 3.8) is 0 Å². The zero-order valence-electron chi connectivity index (χ0n) is 19.2. The summed E-state index contributed by atoms with van der Waals surface area (Å²) in [6.07, 6.45) is 0.423. The van der Waals surface area contributed by atoms with Crippen molar-refractivity contribution < 1.29 is 59.4 Å². The third kappa shape index (κ3) is 57.2. The molecule has 0 rings (SSSR count). The van der Waals surface area contributed by atoms with Gasteiger partial charge in [0.05, 0.1) is 26.1 Å². The van der Waals surface area contributed by atoms with Gasteiger partial charge in [0.2, 0.25) is 0 Å². The van der Waals surface area contributed by atoms with Gasteiger partial charge in [-0.3, -0.25) is 33.8 Å². The fraction of sp³-hybridized carbons (Fsp3) is 0.562. The Labute approximate surface area is 204 Å². The van der Waals surface area contributed by atoms with E-state index >= 15 is 0 Å². The van der Waals surface area contributed by atoms with Crippen LogP contribution in [0.5, 0.6) is 0 Å². The number of aliphatic imine (C=N–C) groups is 1. The van der Waals surface area contributed by atoms with Gasteiger partial charge in [-0.15, -0.1) is 0 Å². The van der Waals surface area contributed by atoms with E-state index in [9.17, 15) is 28.8 Å². The predicted molar refractivity (Wildman–Crippen MR) is 123 cm³/mol. The van der Waals surface area contributed by atoms with E-state index in [1.165, 1.54) is 0 Å². The number of nitrogens with zero attached hydrogens (tertiary/aromatic N) is 1. The Bertz CT molecular complexity index is 653. The molecule has 0 spiro atoms. The molecule has 0 aliphatic heterocycles. The normalized spacial score (nSPS) is 10.2. The van der Waals surface area contributed by atoms with Gasteiger partial charge in [0.15, 0.2) is 5.96 Å². The molecule has 0 saturated heterocycles. The molecular formula is C16H36N8O12. The third-order valence-corrected chi connectivity index (χ3v) is 2.52. The highest BCUT2D eigenvalue weighted by Gasteiger charge is 2.14. The van der Waals surface area contributed by atoms with Gasteiger partial charge in [-0.25, -0.2) is 0 Å². The third-order valence-electron chi connectivity index (χ3n) is 2.52. The first kappa shape index (κ1) is 42.1. The minimum Gasteiger partial charge on any atom is -0.481 e. The number of aliphatic carboxylic acids is 6. The van der Waals surface area contributed by atoms with Gasteiger partial charge >= 0.3 is 35.8 Å². The van der Waals surface area contributed by atoms with Crippen molar-refractivity contribution in [3.8, 4) is 0 Å². The highest BCUT2D eigenvalue weighted by molar-refractivity contribution is 5.80. The molecule has 0 unspecified atom stereocenters. The number of guanidine groups is 1.